The summed E-state index contributed by atoms with van der Waals surface area (Å²) < 4.78 is 24.0. The van der Waals surface area contributed by atoms with E-state index in [1.54, 1.807) is 0 Å². The zero-order valence-corrected chi connectivity index (χ0v) is 8.97. The van der Waals surface area contributed by atoms with Crippen LogP contribution in [0.1, 0.15) is 0 Å². The summed E-state index contributed by atoms with van der Waals surface area (Å²) in [6.45, 7) is 2.94. The summed E-state index contributed by atoms with van der Waals surface area (Å²) in [5, 5.41) is 0.0389. The molecule has 0 saturated heterocycles. The van der Waals surface area contributed by atoms with Gasteiger partial charge in [0.2, 0.25) is 0 Å². The fourth-order valence-electron chi connectivity index (χ4n) is 0.781. The largest absolute Gasteiger partial charge is 0.327 e. The molecular weight excluding hydrogens is 260 g/mol. The summed E-state index contributed by atoms with van der Waals surface area (Å²) in [5.74, 6) is -1.68. The molecule has 0 N–H and O–H groups in total. The van der Waals surface area contributed by atoms with Crippen molar-refractivity contribution < 1.29 is 18.4 Å². The molecule has 0 aromatic rings. The number of halogens is 3. The van der Waals surface area contributed by atoms with E-state index in [2.05, 4.69) is 22.5 Å². The summed E-state index contributed by atoms with van der Waals surface area (Å²) in [4.78, 5) is 22.5. The fraction of sp³-hybridized carbons (Fsp3) is 0.500. The maximum atomic E-state index is 12.0. The molecule has 0 spiro atoms. The predicted molar refractivity (Wildman–Crippen MR) is 51.6 cm³/mol. The molecule has 0 radical (unpaired) electrons. The van der Waals surface area contributed by atoms with Crippen molar-refractivity contribution in [1.29, 1.82) is 0 Å². The second-order valence-electron chi connectivity index (χ2n) is 2.48. The molecule has 14 heavy (non-hydrogen) atoms. The summed E-state index contributed by atoms with van der Waals surface area (Å²) in [6, 6.07) is 0. The van der Waals surface area contributed by atoms with Crippen molar-refractivity contribution in [1.82, 2.24) is 4.90 Å². The smallest absolute Gasteiger partial charge is 0.315 e. The molecule has 1 amide bonds. The second-order valence-corrected chi connectivity index (χ2v) is 3.04. The van der Waals surface area contributed by atoms with Crippen molar-refractivity contribution in [2.45, 2.75) is 6.43 Å². The number of ketones is 1. The number of Topliss-reactive ketones (excluding diaryl/α,β-unsaturated/α-hetero) is 1. The lowest BCUT2D eigenvalue weighted by Crippen LogP contribution is -2.39. The summed E-state index contributed by atoms with van der Waals surface area (Å²) in [5.41, 5.74) is 0. The van der Waals surface area contributed by atoms with Crippen LogP contribution in [0.4, 0.5) is 8.78 Å². The number of alkyl halides is 3. The van der Waals surface area contributed by atoms with E-state index in [4.69, 9.17) is 0 Å². The lowest BCUT2D eigenvalue weighted by atomic mass is 10.3. The van der Waals surface area contributed by atoms with Crippen LogP contribution in [0.2, 0.25) is 0 Å². The van der Waals surface area contributed by atoms with Crippen molar-refractivity contribution in [3.8, 4) is 0 Å². The minimum absolute atomic E-state index is 0.0389. The van der Waals surface area contributed by atoms with Crippen LogP contribution in [0.15, 0.2) is 12.7 Å². The van der Waals surface area contributed by atoms with Gasteiger partial charge in [0, 0.05) is 6.54 Å². The van der Waals surface area contributed by atoms with Crippen molar-refractivity contribution in [3.63, 3.8) is 0 Å². The molecule has 3 nitrogen and oxygen atoms in total. The maximum Gasteiger partial charge on any atom is 0.315 e. The summed E-state index contributed by atoms with van der Waals surface area (Å²) >= 11 is 2.88. The van der Waals surface area contributed by atoms with Crippen LogP contribution in [0.25, 0.3) is 0 Å². The monoisotopic (exact) mass is 269 g/mol. The van der Waals surface area contributed by atoms with Gasteiger partial charge in [-0.15, -0.1) is 6.58 Å². The van der Waals surface area contributed by atoms with E-state index in [1.165, 1.54) is 6.08 Å². The van der Waals surface area contributed by atoms with Gasteiger partial charge in [-0.3, -0.25) is 9.59 Å². The van der Waals surface area contributed by atoms with E-state index < -0.39 is 12.3 Å². The SMILES string of the molecule is C=CCN(CC(=O)CBr)C(=O)C(F)F. The fourth-order valence-corrected chi connectivity index (χ4v) is 0.959. The lowest BCUT2D eigenvalue weighted by Gasteiger charge is -2.18. The first kappa shape index (κ1) is 13.2. The third-order valence-electron chi connectivity index (χ3n) is 1.36. The van der Waals surface area contributed by atoms with Crippen LogP contribution in [-0.2, 0) is 9.59 Å². The van der Waals surface area contributed by atoms with Crippen LogP contribution >= 0.6 is 15.9 Å². The van der Waals surface area contributed by atoms with E-state index in [0.717, 1.165) is 4.90 Å². The Labute approximate surface area is 88.9 Å². The predicted octanol–water partition coefficient (Wildman–Crippen LogP) is 1.23. The molecule has 0 aromatic heterocycles. The normalized spacial score (nSPS) is 10.0. The molecule has 0 rings (SSSR count). The van der Waals surface area contributed by atoms with Crippen molar-refractivity contribution in [2.75, 3.05) is 18.4 Å². The Hall–Kier alpha value is -0.780. The number of hydrogen-bond donors (Lipinski definition) is 0. The van der Waals surface area contributed by atoms with Gasteiger partial charge in [0.05, 0.1) is 11.9 Å². The molecule has 0 aliphatic heterocycles. The molecular formula is C8H10BrF2NO2. The zero-order chi connectivity index (χ0) is 11.1. The summed E-state index contributed by atoms with van der Waals surface area (Å²) in [6.07, 6.45) is -1.79. The number of carbonyl (C=O) groups is 2. The van der Waals surface area contributed by atoms with Gasteiger partial charge in [-0.05, 0) is 0 Å². The Kier molecular flexibility index (Phi) is 6.27. The average molecular weight is 270 g/mol. The third kappa shape index (κ3) is 4.45. The van der Waals surface area contributed by atoms with Gasteiger partial charge in [0.25, 0.3) is 5.91 Å². The first-order chi connectivity index (χ1) is 6.52. The van der Waals surface area contributed by atoms with Crippen LogP contribution in [0.3, 0.4) is 0 Å². The zero-order valence-electron chi connectivity index (χ0n) is 7.38. The van der Waals surface area contributed by atoms with Gasteiger partial charge in [0.15, 0.2) is 5.78 Å². The molecule has 0 unspecified atom stereocenters. The third-order valence-corrected chi connectivity index (χ3v) is 1.99. The van der Waals surface area contributed by atoms with E-state index in [1.807, 2.05) is 0 Å². The Morgan fingerprint density at radius 3 is 2.43 bits per heavy atom. The van der Waals surface area contributed by atoms with E-state index in [0.29, 0.717) is 0 Å². The van der Waals surface area contributed by atoms with Crippen LogP contribution in [-0.4, -0.2) is 41.4 Å². The minimum atomic E-state index is -3.09. The molecule has 80 valence electrons. The van der Waals surface area contributed by atoms with Crippen LogP contribution in [0.5, 0.6) is 0 Å². The maximum absolute atomic E-state index is 12.0. The van der Waals surface area contributed by atoms with Crippen molar-refractivity contribution in [2.24, 2.45) is 0 Å². The van der Waals surface area contributed by atoms with Gasteiger partial charge < -0.3 is 4.90 Å². The van der Waals surface area contributed by atoms with Gasteiger partial charge >= 0.3 is 6.43 Å². The highest BCUT2D eigenvalue weighted by Gasteiger charge is 2.23. The Morgan fingerprint density at radius 2 is 2.07 bits per heavy atom. The van der Waals surface area contributed by atoms with Crippen molar-refractivity contribution in [3.05, 3.63) is 12.7 Å². The average Bonchev–Trinajstić information content (AvgIpc) is 2.15. The Bertz CT molecular complexity index is 233. The standard InChI is InChI=1S/C8H10BrF2NO2/c1-2-3-12(5-6(13)4-9)8(14)7(10)11/h2,7H,1,3-5H2. The highest BCUT2D eigenvalue weighted by Crippen LogP contribution is 2.01. The number of rotatable bonds is 6. The van der Waals surface area contributed by atoms with Gasteiger partial charge in [0.1, 0.15) is 0 Å². The van der Waals surface area contributed by atoms with Gasteiger partial charge in [-0.1, -0.05) is 22.0 Å². The number of nitrogens with zero attached hydrogens (tertiary/aromatic N) is 1. The van der Waals surface area contributed by atoms with Crippen LogP contribution < -0.4 is 0 Å². The Balaban J connectivity index is 4.35. The minimum Gasteiger partial charge on any atom is -0.327 e. The number of hydrogen-bond acceptors (Lipinski definition) is 2. The molecule has 0 heterocycles. The molecule has 0 aromatic carbocycles. The molecule has 6 heteroatoms. The first-order valence-electron chi connectivity index (χ1n) is 3.78. The van der Waals surface area contributed by atoms with E-state index in [9.17, 15) is 18.4 Å². The quantitative estimate of drug-likeness (QED) is 0.537. The first-order valence-corrected chi connectivity index (χ1v) is 4.90. The molecule has 0 fully saturated rings. The lowest BCUT2D eigenvalue weighted by molar-refractivity contribution is -0.144. The molecule has 0 bridgehead atoms. The van der Waals surface area contributed by atoms with Gasteiger partial charge in [-0.25, -0.2) is 0 Å². The number of amides is 1. The van der Waals surface area contributed by atoms with Gasteiger partial charge in [-0.2, -0.15) is 8.78 Å². The molecule has 0 saturated carbocycles. The molecule has 0 aliphatic rings. The highest BCUT2D eigenvalue weighted by atomic mass is 79.9. The Morgan fingerprint density at radius 1 is 1.50 bits per heavy atom. The van der Waals surface area contributed by atoms with E-state index in [-0.39, 0.29) is 24.2 Å². The molecule has 0 atom stereocenters. The topological polar surface area (TPSA) is 37.4 Å². The van der Waals surface area contributed by atoms with E-state index >= 15 is 0 Å². The number of carbonyl (C=O) groups excluding carboxylic acids is 2. The van der Waals surface area contributed by atoms with Crippen molar-refractivity contribution >= 4 is 27.6 Å². The van der Waals surface area contributed by atoms with Crippen LogP contribution in [0, 0.1) is 0 Å². The highest BCUT2D eigenvalue weighted by molar-refractivity contribution is 9.09. The second kappa shape index (κ2) is 6.64. The molecule has 0 aliphatic carbocycles. The summed E-state index contributed by atoms with van der Waals surface area (Å²) in [7, 11) is 0.